The number of hydrogen-bond acceptors (Lipinski definition) is 5. The van der Waals surface area contributed by atoms with Gasteiger partial charge in [-0.2, -0.15) is 13.2 Å². The van der Waals surface area contributed by atoms with Crippen molar-refractivity contribution in [3.05, 3.63) is 59.9 Å². The third kappa shape index (κ3) is 5.32. The molecule has 3 aromatic rings. The molecule has 1 unspecified atom stereocenters. The summed E-state index contributed by atoms with van der Waals surface area (Å²) in [7, 11) is 0. The fourth-order valence-corrected chi connectivity index (χ4v) is 3.39. The van der Waals surface area contributed by atoms with Crippen molar-refractivity contribution in [3.8, 4) is 11.6 Å². The Hall–Kier alpha value is -3.69. The molecule has 32 heavy (non-hydrogen) atoms. The Labute approximate surface area is 181 Å². The summed E-state index contributed by atoms with van der Waals surface area (Å²) in [6, 6.07) is 10.4. The number of amides is 2. The number of benzene rings is 1. The number of ether oxygens (including phenoxy) is 1. The van der Waals surface area contributed by atoms with Crippen LogP contribution in [-0.4, -0.2) is 34.4 Å². The number of pyridine rings is 2. The summed E-state index contributed by atoms with van der Waals surface area (Å²) in [5, 5.41) is 6.32. The fourth-order valence-electron chi connectivity index (χ4n) is 3.39. The molecule has 1 aliphatic rings. The highest BCUT2D eigenvalue weighted by Gasteiger charge is 2.30. The molecule has 0 aliphatic carbocycles. The standard InChI is InChI=1S/C22H19F3N4O3/c23-22(24,25)14-2-6-21(27-12-14)32-17-4-5-18-13(9-17)1-3-15(28-18)11-20(31)29-16-7-8-26-19(30)10-16/h1-6,9,12,16H,7-8,10-11H2,(H,26,30)(H,29,31). The first kappa shape index (κ1) is 21.5. The molecule has 1 aromatic carbocycles. The maximum atomic E-state index is 12.6. The summed E-state index contributed by atoms with van der Waals surface area (Å²) in [6.45, 7) is 0.546. The van der Waals surface area contributed by atoms with Crippen LogP contribution in [0, 0.1) is 0 Å². The monoisotopic (exact) mass is 444 g/mol. The molecule has 166 valence electrons. The summed E-state index contributed by atoms with van der Waals surface area (Å²) in [4.78, 5) is 31.9. The minimum absolute atomic E-state index is 0.0370. The van der Waals surface area contributed by atoms with E-state index in [1.165, 1.54) is 0 Å². The van der Waals surface area contributed by atoms with Crippen molar-refractivity contribution in [1.29, 1.82) is 0 Å². The first-order chi connectivity index (χ1) is 15.3. The average Bonchev–Trinajstić information content (AvgIpc) is 2.73. The zero-order chi connectivity index (χ0) is 22.7. The predicted octanol–water partition coefficient (Wildman–Crippen LogP) is 3.38. The van der Waals surface area contributed by atoms with Gasteiger partial charge in [0.1, 0.15) is 5.75 Å². The molecular formula is C22H19F3N4O3. The average molecular weight is 444 g/mol. The molecular weight excluding hydrogens is 425 g/mol. The lowest BCUT2D eigenvalue weighted by molar-refractivity contribution is -0.137. The summed E-state index contributed by atoms with van der Waals surface area (Å²) in [5.74, 6) is 0.155. The second-order valence-electron chi connectivity index (χ2n) is 7.43. The van der Waals surface area contributed by atoms with Crippen LogP contribution in [-0.2, 0) is 22.2 Å². The van der Waals surface area contributed by atoms with Crippen LogP contribution < -0.4 is 15.4 Å². The van der Waals surface area contributed by atoms with Crippen molar-refractivity contribution in [2.24, 2.45) is 0 Å². The van der Waals surface area contributed by atoms with Gasteiger partial charge in [0.15, 0.2) is 0 Å². The Bertz CT molecular complexity index is 1150. The number of halogens is 3. The second-order valence-corrected chi connectivity index (χ2v) is 7.43. The molecule has 2 aromatic heterocycles. The van der Waals surface area contributed by atoms with E-state index in [2.05, 4.69) is 20.6 Å². The molecule has 3 heterocycles. The normalized spacial score (nSPS) is 16.5. The smallest absolute Gasteiger partial charge is 0.417 e. The van der Waals surface area contributed by atoms with E-state index in [1.54, 1.807) is 30.3 Å². The van der Waals surface area contributed by atoms with Crippen LogP contribution in [0.4, 0.5) is 13.2 Å². The lowest BCUT2D eigenvalue weighted by Gasteiger charge is -2.23. The number of carbonyl (C=O) groups is 2. The highest BCUT2D eigenvalue weighted by atomic mass is 19.4. The second kappa shape index (κ2) is 8.81. The van der Waals surface area contributed by atoms with Gasteiger partial charge in [0.05, 0.1) is 23.2 Å². The van der Waals surface area contributed by atoms with E-state index in [1.807, 2.05) is 0 Å². The molecule has 0 saturated carbocycles. The minimum Gasteiger partial charge on any atom is -0.439 e. The highest BCUT2D eigenvalue weighted by molar-refractivity contribution is 5.83. The predicted molar refractivity (Wildman–Crippen MR) is 109 cm³/mol. The number of fused-ring (bicyclic) bond motifs is 1. The molecule has 2 N–H and O–H groups in total. The molecule has 2 amide bonds. The SMILES string of the molecule is O=C1CC(NC(=O)Cc2ccc3cc(Oc4ccc(C(F)(F)F)cn4)ccc3n2)CCN1. The summed E-state index contributed by atoms with van der Waals surface area (Å²) >= 11 is 0. The van der Waals surface area contributed by atoms with Gasteiger partial charge in [-0.05, 0) is 36.8 Å². The van der Waals surface area contributed by atoms with Gasteiger partial charge in [-0.3, -0.25) is 14.6 Å². The number of nitrogens with zero attached hydrogens (tertiary/aromatic N) is 2. The number of alkyl halides is 3. The van der Waals surface area contributed by atoms with Gasteiger partial charge in [-0.1, -0.05) is 6.07 Å². The van der Waals surface area contributed by atoms with Gasteiger partial charge < -0.3 is 15.4 Å². The van der Waals surface area contributed by atoms with Gasteiger partial charge in [-0.15, -0.1) is 0 Å². The molecule has 1 atom stereocenters. The Morgan fingerprint density at radius 2 is 2.03 bits per heavy atom. The molecule has 7 nitrogen and oxygen atoms in total. The van der Waals surface area contributed by atoms with E-state index in [4.69, 9.17) is 4.74 Å². The molecule has 0 radical (unpaired) electrons. The molecule has 0 spiro atoms. The zero-order valence-electron chi connectivity index (χ0n) is 16.8. The van der Waals surface area contributed by atoms with E-state index < -0.39 is 11.7 Å². The van der Waals surface area contributed by atoms with Crippen LogP contribution in [0.1, 0.15) is 24.1 Å². The van der Waals surface area contributed by atoms with Crippen LogP contribution in [0.25, 0.3) is 10.9 Å². The van der Waals surface area contributed by atoms with Gasteiger partial charge >= 0.3 is 6.18 Å². The van der Waals surface area contributed by atoms with Crippen molar-refractivity contribution >= 4 is 22.7 Å². The summed E-state index contributed by atoms with van der Waals surface area (Å²) in [5.41, 5.74) is 0.365. The van der Waals surface area contributed by atoms with Crippen LogP contribution in [0.3, 0.4) is 0 Å². The number of nitrogens with one attached hydrogen (secondary N) is 2. The maximum absolute atomic E-state index is 12.6. The molecule has 1 saturated heterocycles. The van der Waals surface area contributed by atoms with Crippen molar-refractivity contribution < 1.29 is 27.5 Å². The Kier molecular flexibility index (Phi) is 5.93. The Morgan fingerprint density at radius 3 is 2.75 bits per heavy atom. The van der Waals surface area contributed by atoms with Crippen LogP contribution >= 0.6 is 0 Å². The molecule has 1 fully saturated rings. The number of piperidine rings is 1. The fraction of sp³-hybridized carbons (Fsp3) is 0.273. The van der Waals surface area contributed by atoms with Gasteiger partial charge in [0.25, 0.3) is 0 Å². The first-order valence-corrected chi connectivity index (χ1v) is 9.93. The van der Waals surface area contributed by atoms with Gasteiger partial charge in [-0.25, -0.2) is 4.98 Å². The Morgan fingerprint density at radius 1 is 1.19 bits per heavy atom. The van der Waals surface area contributed by atoms with E-state index in [0.29, 0.717) is 29.9 Å². The van der Waals surface area contributed by atoms with Crippen LogP contribution in [0.5, 0.6) is 11.6 Å². The van der Waals surface area contributed by atoms with Crippen molar-refractivity contribution in [2.45, 2.75) is 31.5 Å². The largest absolute Gasteiger partial charge is 0.439 e. The topological polar surface area (TPSA) is 93.2 Å². The molecule has 1 aliphatic heterocycles. The maximum Gasteiger partial charge on any atom is 0.417 e. The summed E-state index contributed by atoms with van der Waals surface area (Å²) in [6.07, 6.45) is -2.69. The van der Waals surface area contributed by atoms with Crippen molar-refractivity contribution in [2.75, 3.05) is 6.54 Å². The van der Waals surface area contributed by atoms with E-state index in [-0.39, 0.29) is 36.6 Å². The molecule has 4 rings (SSSR count). The third-order valence-electron chi connectivity index (χ3n) is 4.96. The molecule has 0 bridgehead atoms. The van der Waals surface area contributed by atoms with Crippen molar-refractivity contribution in [3.63, 3.8) is 0 Å². The number of rotatable bonds is 5. The van der Waals surface area contributed by atoms with Crippen molar-refractivity contribution in [1.82, 2.24) is 20.6 Å². The van der Waals surface area contributed by atoms with E-state index in [0.717, 1.165) is 23.7 Å². The van der Waals surface area contributed by atoms with Crippen LogP contribution in [0.15, 0.2) is 48.7 Å². The minimum atomic E-state index is -4.46. The number of carbonyl (C=O) groups excluding carboxylic acids is 2. The number of hydrogen-bond donors (Lipinski definition) is 2. The lowest BCUT2D eigenvalue weighted by atomic mass is 10.1. The highest BCUT2D eigenvalue weighted by Crippen LogP contribution is 2.30. The quantitative estimate of drug-likeness (QED) is 0.630. The third-order valence-corrected chi connectivity index (χ3v) is 4.96. The first-order valence-electron chi connectivity index (χ1n) is 9.93. The van der Waals surface area contributed by atoms with Crippen LogP contribution in [0.2, 0.25) is 0 Å². The zero-order valence-corrected chi connectivity index (χ0v) is 16.8. The molecule has 10 heteroatoms. The van der Waals surface area contributed by atoms with Gasteiger partial charge in [0.2, 0.25) is 17.7 Å². The summed E-state index contributed by atoms with van der Waals surface area (Å²) < 4.78 is 43.4. The Balaban J connectivity index is 1.40. The van der Waals surface area contributed by atoms with E-state index in [9.17, 15) is 22.8 Å². The number of aromatic nitrogens is 2. The van der Waals surface area contributed by atoms with E-state index >= 15 is 0 Å². The van der Waals surface area contributed by atoms with Gasteiger partial charge in [0, 0.05) is 36.7 Å². The lowest BCUT2D eigenvalue weighted by Crippen LogP contribution is -2.45.